The Labute approximate surface area is 168 Å². The van der Waals surface area contributed by atoms with Crippen LogP contribution in [0.15, 0.2) is 59.3 Å². The average Bonchev–Trinajstić information content (AvgIpc) is 3.29. The van der Waals surface area contributed by atoms with Crippen molar-refractivity contribution in [2.45, 2.75) is 6.10 Å². The fraction of sp³-hybridized carbons (Fsp3) is 0.333. The van der Waals surface area contributed by atoms with Gasteiger partial charge in [-0.15, -0.1) is 10.2 Å². The molecule has 0 amide bonds. The van der Waals surface area contributed by atoms with Crippen LogP contribution < -0.4 is 9.64 Å². The second-order valence-electron chi connectivity index (χ2n) is 7.00. The molecule has 1 aromatic heterocycles. The average molecular weight is 398 g/mol. The molecule has 7 nitrogen and oxygen atoms in total. The maximum atomic E-state index is 13.1. The molecule has 1 saturated heterocycles. The summed E-state index contributed by atoms with van der Waals surface area (Å²) in [5.74, 6) is 0.842. The topological polar surface area (TPSA) is 74.9 Å². The summed E-state index contributed by atoms with van der Waals surface area (Å²) in [5.41, 5.74) is 1.79. The molecule has 0 spiro atoms. The Kier molecular flexibility index (Phi) is 6.02. The minimum atomic E-state index is -0.598. The van der Waals surface area contributed by atoms with E-state index in [1.165, 1.54) is 18.5 Å². The number of ether oxygens (including phenoxy) is 1. The van der Waals surface area contributed by atoms with Crippen molar-refractivity contribution in [3.05, 3.63) is 60.7 Å². The zero-order valence-corrected chi connectivity index (χ0v) is 15.9. The van der Waals surface area contributed by atoms with Gasteiger partial charge in [-0.3, -0.25) is 4.90 Å². The standard InChI is InChI=1S/C21H23FN4O3/c22-17-4-6-18(7-5-17)26-10-8-25(9-11-26)13-19(27)14-28-20-3-1-2-16(12-20)21-24-23-15-29-21/h1-7,12,15,19,27H,8-11,13-14H2/t19-/m0/s1. The van der Waals surface area contributed by atoms with Gasteiger partial charge < -0.3 is 19.2 Å². The van der Waals surface area contributed by atoms with Crippen molar-refractivity contribution in [1.82, 2.24) is 15.1 Å². The number of aromatic nitrogens is 2. The number of hydrogen-bond acceptors (Lipinski definition) is 7. The van der Waals surface area contributed by atoms with Gasteiger partial charge in [0.2, 0.25) is 12.3 Å². The number of piperazine rings is 1. The van der Waals surface area contributed by atoms with E-state index < -0.39 is 6.10 Å². The number of anilines is 1. The van der Waals surface area contributed by atoms with E-state index in [9.17, 15) is 9.50 Å². The number of rotatable bonds is 7. The summed E-state index contributed by atoms with van der Waals surface area (Å²) in [7, 11) is 0. The molecule has 2 aromatic carbocycles. The highest BCUT2D eigenvalue weighted by molar-refractivity contribution is 5.55. The quantitative estimate of drug-likeness (QED) is 0.655. The maximum absolute atomic E-state index is 13.1. The minimum absolute atomic E-state index is 0.200. The zero-order chi connectivity index (χ0) is 20.1. The van der Waals surface area contributed by atoms with Crippen molar-refractivity contribution in [3.8, 4) is 17.2 Å². The van der Waals surface area contributed by atoms with Gasteiger partial charge in [-0.05, 0) is 42.5 Å². The largest absolute Gasteiger partial charge is 0.491 e. The first-order valence-corrected chi connectivity index (χ1v) is 9.58. The van der Waals surface area contributed by atoms with Crippen LogP contribution in [0.2, 0.25) is 0 Å². The van der Waals surface area contributed by atoms with Gasteiger partial charge in [0.25, 0.3) is 0 Å². The summed E-state index contributed by atoms with van der Waals surface area (Å²) in [6, 6.07) is 13.9. The lowest BCUT2D eigenvalue weighted by atomic mass is 10.2. The van der Waals surface area contributed by atoms with Gasteiger partial charge in [0.15, 0.2) is 0 Å². The van der Waals surface area contributed by atoms with Gasteiger partial charge in [-0.25, -0.2) is 4.39 Å². The molecule has 1 atom stereocenters. The van der Waals surface area contributed by atoms with E-state index in [0.29, 0.717) is 18.2 Å². The number of benzene rings is 2. The lowest BCUT2D eigenvalue weighted by Crippen LogP contribution is -2.49. The third kappa shape index (κ3) is 5.10. The molecule has 0 radical (unpaired) electrons. The summed E-state index contributed by atoms with van der Waals surface area (Å²) in [4.78, 5) is 4.44. The smallest absolute Gasteiger partial charge is 0.247 e. The molecule has 4 rings (SSSR count). The highest BCUT2D eigenvalue weighted by Gasteiger charge is 2.20. The van der Waals surface area contributed by atoms with E-state index in [2.05, 4.69) is 20.0 Å². The Morgan fingerprint density at radius 1 is 1.10 bits per heavy atom. The summed E-state index contributed by atoms with van der Waals surface area (Å²) in [6.45, 7) is 4.09. The lowest BCUT2D eigenvalue weighted by Gasteiger charge is -2.36. The lowest BCUT2D eigenvalue weighted by molar-refractivity contribution is 0.0663. The maximum Gasteiger partial charge on any atom is 0.247 e. The van der Waals surface area contributed by atoms with Crippen LogP contribution in [0.3, 0.4) is 0 Å². The normalized spacial score (nSPS) is 16.0. The molecular formula is C21H23FN4O3. The van der Waals surface area contributed by atoms with E-state index in [-0.39, 0.29) is 12.4 Å². The number of aliphatic hydroxyl groups is 1. The van der Waals surface area contributed by atoms with E-state index in [1.807, 2.05) is 24.3 Å². The molecule has 29 heavy (non-hydrogen) atoms. The Balaban J connectivity index is 1.23. The number of nitrogens with zero attached hydrogens (tertiary/aromatic N) is 4. The van der Waals surface area contributed by atoms with Crippen molar-refractivity contribution in [1.29, 1.82) is 0 Å². The molecule has 152 valence electrons. The molecule has 1 N–H and O–H groups in total. The second-order valence-corrected chi connectivity index (χ2v) is 7.00. The fourth-order valence-corrected chi connectivity index (χ4v) is 3.40. The first-order valence-electron chi connectivity index (χ1n) is 9.58. The Bertz CT molecular complexity index is 897. The Morgan fingerprint density at radius 2 is 1.90 bits per heavy atom. The number of hydrogen-bond donors (Lipinski definition) is 1. The van der Waals surface area contributed by atoms with Gasteiger partial charge in [0.05, 0.1) is 0 Å². The van der Waals surface area contributed by atoms with E-state index in [1.54, 1.807) is 12.1 Å². The van der Waals surface area contributed by atoms with Crippen LogP contribution in [-0.2, 0) is 0 Å². The molecule has 1 fully saturated rings. The first-order chi connectivity index (χ1) is 14.2. The minimum Gasteiger partial charge on any atom is -0.491 e. The predicted molar refractivity (Wildman–Crippen MR) is 106 cm³/mol. The van der Waals surface area contributed by atoms with Crippen molar-refractivity contribution >= 4 is 5.69 Å². The van der Waals surface area contributed by atoms with Crippen molar-refractivity contribution < 1.29 is 18.7 Å². The third-order valence-electron chi connectivity index (χ3n) is 4.92. The SMILES string of the molecule is O[C@H](COc1cccc(-c2nnco2)c1)CN1CCN(c2ccc(F)cc2)CC1. The van der Waals surface area contributed by atoms with E-state index in [0.717, 1.165) is 37.4 Å². The Morgan fingerprint density at radius 3 is 2.62 bits per heavy atom. The molecule has 1 aliphatic rings. The van der Waals surface area contributed by atoms with Gasteiger partial charge in [-0.1, -0.05) is 6.07 Å². The van der Waals surface area contributed by atoms with Crippen LogP contribution in [0.4, 0.5) is 10.1 Å². The number of β-amino-alcohol motifs (C(OH)–C–C–N with tert-alkyl or cyclic N) is 1. The van der Waals surface area contributed by atoms with Gasteiger partial charge >= 0.3 is 0 Å². The zero-order valence-electron chi connectivity index (χ0n) is 15.9. The van der Waals surface area contributed by atoms with Crippen molar-refractivity contribution in [3.63, 3.8) is 0 Å². The number of halogens is 1. The first kappa shape index (κ1) is 19.4. The van der Waals surface area contributed by atoms with Gasteiger partial charge in [0.1, 0.15) is 24.3 Å². The third-order valence-corrected chi connectivity index (χ3v) is 4.92. The summed E-state index contributed by atoms with van der Waals surface area (Å²) in [5, 5.41) is 17.9. The van der Waals surface area contributed by atoms with Gasteiger partial charge in [-0.2, -0.15) is 0 Å². The molecule has 0 bridgehead atoms. The monoisotopic (exact) mass is 398 g/mol. The summed E-state index contributed by atoms with van der Waals surface area (Å²) in [6.07, 6.45) is 0.682. The van der Waals surface area contributed by atoms with Gasteiger partial charge in [0, 0.05) is 44.0 Å². The molecule has 1 aliphatic heterocycles. The van der Waals surface area contributed by atoms with Crippen LogP contribution in [0.1, 0.15) is 0 Å². The van der Waals surface area contributed by atoms with Crippen molar-refractivity contribution in [2.24, 2.45) is 0 Å². The van der Waals surface area contributed by atoms with Crippen LogP contribution >= 0.6 is 0 Å². The molecular weight excluding hydrogens is 375 g/mol. The molecule has 8 heteroatoms. The molecule has 2 heterocycles. The van der Waals surface area contributed by atoms with Crippen LogP contribution in [0.25, 0.3) is 11.5 Å². The fourth-order valence-electron chi connectivity index (χ4n) is 3.40. The second kappa shape index (κ2) is 9.02. The van der Waals surface area contributed by atoms with E-state index in [4.69, 9.17) is 9.15 Å². The van der Waals surface area contributed by atoms with Crippen molar-refractivity contribution in [2.75, 3.05) is 44.2 Å². The predicted octanol–water partition coefficient (Wildman–Crippen LogP) is 2.44. The highest BCUT2D eigenvalue weighted by Crippen LogP contribution is 2.22. The molecule has 0 aliphatic carbocycles. The van der Waals surface area contributed by atoms with Crippen LogP contribution in [0, 0.1) is 5.82 Å². The summed E-state index contributed by atoms with van der Waals surface area (Å²) >= 11 is 0. The molecule has 0 saturated carbocycles. The van der Waals surface area contributed by atoms with Crippen LogP contribution in [-0.4, -0.2) is 65.6 Å². The molecule has 0 unspecified atom stereocenters. The Hall–Kier alpha value is -2.97. The summed E-state index contributed by atoms with van der Waals surface area (Å²) < 4.78 is 24.0. The van der Waals surface area contributed by atoms with E-state index >= 15 is 0 Å². The molecule has 3 aromatic rings. The van der Waals surface area contributed by atoms with Crippen LogP contribution in [0.5, 0.6) is 5.75 Å². The number of aliphatic hydroxyl groups excluding tert-OH is 1. The highest BCUT2D eigenvalue weighted by atomic mass is 19.1.